The molecule has 0 spiro atoms. The SMILES string of the molecule is Cc1ccc(N2C[C@H](C(=O)Nc3nnc(SCC(=O)NC[C@@H]4CCCO4)s3)CC2=O)cc1. The van der Waals surface area contributed by atoms with E-state index in [-0.39, 0.29) is 36.0 Å². The van der Waals surface area contributed by atoms with Gasteiger partial charge in [0.2, 0.25) is 22.9 Å². The van der Waals surface area contributed by atoms with E-state index in [0.717, 1.165) is 30.7 Å². The zero-order chi connectivity index (χ0) is 22.5. The lowest BCUT2D eigenvalue weighted by Gasteiger charge is -2.16. The number of benzene rings is 1. The first-order chi connectivity index (χ1) is 15.5. The number of hydrogen-bond donors (Lipinski definition) is 2. The number of thioether (sulfide) groups is 1. The van der Waals surface area contributed by atoms with Crippen LogP contribution in [0.2, 0.25) is 0 Å². The van der Waals surface area contributed by atoms with E-state index in [0.29, 0.717) is 22.6 Å². The van der Waals surface area contributed by atoms with E-state index < -0.39 is 5.92 Å². The van der Waals surface area contributed by atoms with Crippen molar-refractivity contribution in [3.05, 3.63) is 29.8 Å². The molecular formula is C21H25N5O4S2. The number of rotatable bonds is 8. The second-order valence-corrected chi connectivity index (χ2v) is 10.0. The maximum absolute atomic E-state index is 12.6. The van der Waals surface area contributed by atoms with Crippen LogP contribution in [-0.4, -0.2) is 59.5 Å². The Balaban J connectivity index is 1.23. The van der Waals surface area contributed by atoms with Crippen LogP contribution < -0.4 is 15.5 Å². The fourth-order valence-corrected chi connectivity index (χ4v) is 5.18. The Morgan fingerprint density at radius 2 is 2.09 bits per heavy atom. The molecule has 2 aliphatic heterocycles. The molecule has 2 aromatic rings. The second kappa shape index (κ2) is 10.4. The molecule has 2 saturated heterocycles. The van der Waals surface area contributed by atoms with Gasteiger partial charge in [-0.05, 0) is 31.9 Å². The third kappa shape index (κ3) is 5.84. The highest BCUT2D eigenvalue weighted by Crippen LogP contribution is 2.28. The van der Waals surface area contributed by atoms with Crippen molar-refractivity contribution in [1.82, 2.24) is 15.5 Å². The molecule has 9 nitrogen and oxygen atoms in total. The molecular weight excluding hydrogens is 450 g/mol. The van der Waals surface area contributed by atoms with Gasteiger partial charge in [0.05, 0.1) is 17.8 Å². The van der Waals surface area contributed by atoms with Gasteiger partial charge < -0.3 is 20.3 Å². The van der Waals surface area contributed by atoms with Gasteiger partial charge >= 0.3 is 0 Å². The first kappa shape index (κ1) is 22.7. The third-order valence-corrected chi connectivity index (χ3v) is 7.33. The van der Waals surface area contributed by atoms with Crippen molar-refractivity contribution < 1.29 is 19.1 Å². The predicted molar refractivity (Wildman–Crippen MR) is 123 cm³/mol. The minimum atomic E-state index is -0.451. The second-order valence-electron chi connectivity index (χ2n) is 7.83. The molecule has 0 bridgehead atoms. The molecule has 0 radical (unpaired) electrons. The van der Waals surface area contributed by atoms with Gasteiger partial charge in [-0.2, -0.15) is 0 Å². The number of aryl methyl sites for hydroxylation is 1. The van der Waals surface area contributed by atoms with Crippen LogP contribution in [0.1, 0.15) is 24.8 Å². The minimum Gasteiger partial charge on any atom is -0.376 e. The summed E-state index contributed by atoms with van der Waals surface area (Å²) in [7, 11) is 0. The quantitative estimate of drug-likeness (QED) is 0.445. The number of aromatic nitrogens is 2. The predicted octanol–water partition coefficient (Wildman–Crippen LogP) is 2.23. The number of nitrogens with zero attached hydrogens (tertiary/aromatic N) is 3. The summed E-state index contributed by atoms with van der Waals surface area (Å²) in [4.78, 5) is 38.7. The van der Waals surface area contributed by atoms with Gasteiger partial charge in [0.25, 0.3) is 0 Å². The number of hydrogen-bond acceptors (Lipinski definition) is 8. The summed E-state index contributed by atoms with van der Waals surface area (Å²) in [5.41, 5.74) is 1.91. The number of amides is 3. The lowest BCUT2D eigenvalue weighted by Crippen LogP contribution is -2.32. The average molecular weight is 476 g/mol. The van der Waals surface area contributed by atoms with Crippen LogP contribution in [0.25, 0.3) is 0 Å². The summed E-state index contributed by atoms with van der Waals surface area (Å²) >= 11 is 2.48. The smallest absolute Gasteiger partial charge is 0.231 e. The minimum absolute atomic E-state index is 0.0727. The zero-order valence-corrected chi connectivity index (χ0v) is 19.3. The summed E-state index contributed by atoms with van der Waals surface area (Å²) in [5, 5.41) is 14.0. The summed E-state index contributed by atoms with van der Waals surface area (Å²) in [5.74, 6) is -0.649. The highest BCUT2D eigenvalue weighted by molar-refractivity contribution is 8.01. The Morgan fingerprint density at radius 3 is 2.84 bits per heavy atom. The van der Waals surface area contributed by atoms with Crippen molar-refractivity contribution in [3.63, 3.8) is 0 Å². The van der Waals surface area contributed by atoms with Crippen LogP contribution in [0.3, 0.4) is 0 Å². The highest BCUT2D eigenvalue weighted by Gasteiger charge is 2.35. The van der Waals surface area contributed by atoms with E-state index in [1.54, 1.807) is 4.90 Å². The maximum atomic E-state index is 12.6. The molecule has 3 amide bonds. The van der Waals surface area contributed by atoms with Crippen LogP contribution in [-0.2, 0) is 19.1 Å². The Kier molecular flexibility index (Phi) is 7.38. The molecule has 170 valence electrons. The van der Waals surface area contributed by atoms with E-state index in [9.17, 15) is 14.4 Å². The van der Waals surface area contributed by atoms with Crippen molar-refractivity contribution in [2.45, 2.75) is 36.6 Å². The zero-order valence-electron chi connectivity index (χ0n) is 17.7. The molecule has 4 rings (SSSR count). The van der Waals surface area contributed by atoms with Gasteiger partial charge in [-0.15, -0.1) is 10.2 Å². The summed E-state index contributed by atoms with van der Waals surface area (Å²) < 4.78 is 6.08. The fourth-order valence-electron chi connectivity index (χ4n) is 3.59. The highest BCUT2D eigenvalue weighted by atomic mass is 32.2. The van der Waals surface area contributed by atoms with Crippen LogP contribution in [0.5, 0.6) is 0 Å². The average Bonchev–Trinajstić information content (AvgIpc) is 3.53. The molecule has 2 aliphatic rings. The summed E-state index contributed by atoms with van der Waals surface area (Å²) in [6, 6.07) is 7.66. The van der Waals surface area contributed by atoms with Crippen LogP contribution >= 0.6 is 23.1 Å². The number of carbonyl (C=O) groups excluding carboxylic acids is 3. The molecule has 11 heteroatoms. The normalized spacial score (nSPS) is 20.5. The van der Waals surface area contributed by atoms with Crippen molar-refractivity contribution in [3.8, 4) is 0 Å². The molecule has 0 aliphatic carbocycles. The number of anilines is 2. The van der Waals surface area contributed by atoms with E-state index in [1.165, 1.54) is 23.1 Å². The lowest BCUT2D eigenvalue weighted by molar-refractivity contribution is -0.122. The molecule has 1 aromatic carbocycles. The fraction of sp³-hybridized carbons (Fsp3) is 0.476. The van der Waals surface area contributed by atoms with Gasteiger partial charge in [-0.1, -0.05) is 40.8 Å². The summed E-state index contributed by atoms with van der Waals surface area (Å²) in [6.07, 6.45) is 2.28. The lowest BCUT2D eigenvalue weighted by atomic mass is 10.1. The van der Waals surface area contributed by atoms with E-state index in [2.05, 4.69) is 20.8 Å². The van der Waals surface area contributed by atoms with Crippen LogP contribution in [0.15, 0.2) is 28.6 Å². The van der Waals surface area contributed by atoms with E-state index in [1.807, 2.05) is 31.2 Å². The monoisotopic (exact) mass is 475 g/mol. The van der Waals surface area contributed by atoms with Gasteiger partial charge in [-0.25, -0.2) is 0 Å². The first-order valence-corrected chi connectivity index (χ1v) is 12.3. The van der Waals surface area contributed by atoms with E-state index in [4.69, 9.17) is 4.74 Å². The third-order valence-electron chi connectivity index (χ3n) is 5.36. The number of ether oxygens (including phenoxy) is 1. The standard InChI is InChI=1S/C21H25N5O4S2/c1-13-4-6-15(7-5-13)26-11-14(9-18(26)28)19(29)23-20-24-25-21(32-20)31-12-17(27)22-10-16-3-2-8-30-16/h4-7,14,16H,2-3,8-12H2,1H3,(H,22,27)(H,23,24,29)/t14-,16+/m1/s1. The molecule has 2 N–H and O–H groups in total. The van der Waals surface area contributed by atoms with Gasteiger partial charge in [0.1, 0.15) is 0 Å². The molecule has 32 heavy (non-hydrogen) atoms. The van der Waals surface area contributed by atoms with Crippen molar-refractivity contribution >= 4 is 51.6 Å². The van der Waals surface area contributed by atoms with Gasteiger partial charge in [0, 0.05) is 31.8 Å². The van der Waals surface area contributed by atoms with Crippen molar-refractivity contribution in [1.29, 1.82) is 0 Å². The Morgan fingerprint density at radius 1 is 1.28 bits per heavy atom. The van der Waals surface area contributed by atoms with Gasteiger partial charge in [-0.3, -0.25) is 14.4 Å². The van der Waals surface area contributed by atoms with Crippen molar-refractivity contribution in [2.24, 2.45) is 5.92 Å². The van der Waals surface area contributed by atoms with Gasteiger partial charge in [0.15, 0.2) is 4.34 Å². The Bertz CT molecular complexity index is 975. The largest absolute Gasteiger partial charge is 0.376 e. The topological polar surface area (TPSA) is 114 Å². The van der Waals surface area contributed by atoms with Crippen LogP contribution in [0.4, 0.5) is 10.8 Å². The molecule has 3 heterocycles. The molecule has 0 unspecified atom stereocenters. The summed E-state index contributed by atoms with van der Waals surface area (Å²) in [6.45, 7) is 3.60. The van der Waals surface area contributed by atoms with E-state index >= 15 is 0 Å². The molecule has 2 fully saturated rings. The molecule has 0 saturated carbocycles. The Hall–Kier alpha value is -2.50. The molecule has 1 aromatic heterocycles. The van der Waals surface area contributed by atoms with Crippen molar-refractivity contribution in [2.75, 3.05) is 35.7 Å². The van der Waals surface area contributed by atoms with Crippen LogP contribution in [0, 0.1) is 12.8 Å². The Labute approximate surface area is 194 Å². The number of carbonyl (C=O) groups is 3. The molecule has 2 atom stereocenters. The maximum Gasteiger partial charge on any atom is 0.231 e. The first-order valence-electron chi connectivity index (χ1n) is 10.5. The number of nitrogens with one attached hydrogen (secondary N) is 2.